The fourth-order valence-electron chi connectivity index (χ4n) is 2.30. The van der Waals surface area contributed by atoms with Crippen LogP contribution in [0.1, 0.15) is 46.1 Å². The Morgan fingerprint density at radius 2 is 1.84 bits per heavy atom. The van der Waals surface area contributed by atoms with Gasteiger partial charge in [0.2, 0.25) is 0 Å². The number of ether oxygens (including phenoxy) is 1. The highest BCUT2D eigenvalue weighted by Gasteiger charge is 2.38. The van der Waals surface area contributed by atoms with E-state index < -0.39 is 8.32 Å². The molecule has 0 aliphatic heterocycles. The molecular weight excluding hydrogens is 328 g/mol. The second-order valence-corrected chi connectivity index (χ2v) is 12.7. The molecule has 0 amide bonds. The van der Waals surface area contributed by atoms with Crippen molar-refractivity contribution in [3.8, 4) is 0 Å². The number of benzene rings is 1. The summed E-state index contributed by atoms with van der Waals surface area (Å²) in [6.45, 7) is 13.5. The van der Waals surface area contributed by atoms with Crippen LogP contribution in [0.5, 0.6) is 0 Å². The number of hydrogen-bond donors (Lipinski definition) is 0. The maximum Gasteiger partial charge on any atom is 0.330 e. The Kier molecular flexibility index (Phi) is 8.60. The second-order valence-electron chi connectivity index (χ2n) is 7.91. The fraction of sp³-hybridized carbons (Fsp3) is 0.571. The van der Waals surface area contributed by atoms with E-state index in [0.717, 1.165) is 19.3 Å². The third-order valence-corrected chi connectivity index (χ3v) is 9.34. The molecule has 1 aromatic carbocycles. The molecule has 0 N–H and O–H groups in total. The van der Waals surface area contributed by atoms with Gasteiger partial charge in [0.25, 0.3) is 0 Å². The molecule has 0 heterocycles. The molecule has 140 valence electrons. The van der Waals surface area contributed by atoms with E-state index in [1.807, 2.05) is 19.1 Å². The molecule has 1 aromatic rings. The van der Waals surface area contributed by atoms with E-state index in [9.17, 15) is 4.79 Å². The van der Waals surface area contributed by atoms with Gasteiger partial charge in [0.05, 0.1) is 6.61 Å². The van der Waals surface area contributed by atoms with Gasteiger partial charge in [0, 0.05) is 12.2 Å². The monoisotopic (exact) mass is 362 g/mol. The molecule has 0 aliphatic rings. The van der Waals surface area contributed by atoms with Crippen molar-refractivity contribution in [2.75, 3.05) is 6.61 Å². The van der Waals surface area contributed by atoms with Crippen LogP contribution in [-0.2, 0) is 20.4 Å². The molecule has 0 aliphatic carbocycles. The first-order chi connectivity index (χ1) is 11.7. The van der Waals surface area contributed by atoms with E-state index in [-0.39, 0.29) is 17.1 Å². The molecule has 0 saturated heterocycles. The van der Waals surface area contributed by atoms with E-state index >= 15 is 0 Å². The van der Waals surface area contributed by atoms with Crippen molar-refractivity contribution in [2.45, 2.75) is 71.2 Å². The van der Waals surface area contributed by atoms with Crippen LogP contribution in [0.4, 0.5) is 0 Å². The summed E-state index contributed by atoms with van der Waals surface area (Å²) in [5.41, 5.74) is 1.32. The molecular formula is C21H34O3Si. The standard InChI is InChI=1S/C21H34O3Si/c1-7-23-20(22)15-11-14-19(24-25(5,6)21(2,3)4)17-16-18-12-9-8-10-13-18/h8-13,15,19H,7,14,16-17H2,1-6H3/b15-11+. The molecule has 4 heteroatoms. The lowest BCUT2D eigenvalue weighted by Crippen LogP contribution is -2.44. The zero-order valence-electron chi connectivity index (χ0n) is 16.7. The lowest BCUT2D eigenvalue weighted by Gasteiger charge is -2.39. The van der Waals surface area contributed by atoms with Crippen molar-refractivity contribution in [3.05, 3.63) is 48.0 Å². The Labute approximate surface area is 154 Å². The number of carbonyl (C=O) groups is 1. The van der Waals surface area contributed by atoms with Gasteiger partial charge in [-0.2, -0.15) is 0 Å². The van der Waals surface area contributed by atoms with Gasteiger partial charge in [-0.1, -0.05) is 57.2 Å². The van der Waals surface area contributed by atoms with Gasteiger partial charge < -0.3 is 9.16 Å². The second kappa shape index (κ2) is 9.93. The Morgan fingerprint density at radius 3 is 2.40 bits per heavy atom. The lowest BCUT2D eigenvalue weighted by atomic mass is 10.1. The van der Waals surface area contributed by atoms with E-state index in [4.69, 9.17) is 9.16 Å². The van der Waals surface area contributed by atoms with Gasteiger partial charge in [-0.25, -0.2) is 4.79 Å². The first kappa shape index (κ1) is 21.6. The highest BCUT2D eigenvalue weighted by molar-refractivity contribution is 6.74. The normalized spacial score (nSPS) is 13.8. The molecule has 25 heavy (non-hydrogen) atoms. The fourth-order valence-corrected chi connectivity index (χ4v) is 3.70. The summed E-state index contributed by atoms with van der Waals surface area (Å²) in [5, 5.41) is 0.169. The van der Waals surface area contributed by atoms with Crippen molar-refractivity contribution in [2.24, 2.45) is 0 Å². The summed E-state index contributed by atoms with van der Waals surface area (Å²) < 4.78 is 11.6. The molecule has 0 saturated carbocycles. The maximum atomic E-state index is 11.5. The van der Waals surface area contributed by atoms with Crippen molar-refractivity contribution >= 4 is 14.3 Å². The smallest absolute Gasteiger partial charge is 0.330 e. The van der Waals surface area contributed by atoms with Crippen LogP contribution in [0, 0.1) is 0 Å². The molecule has 0 radical (unpaired) electrons. The van der Waals surface area contributed by atoms with E-state index in [1.165, 1.54) is 11.6 Å². The summed E-state index contributed by atoms with van der Waals surface area (Å²) >= 11 is 0. The van der Waals surface area contributed by atoms with Gasteiger partial charge >= 0.3 is 5.97 Å². The average Bonchev–Trinajstić information content (AvgIpc) is 2.52. The molecule has 3 nitrogen and oxygen atoms in total. The highest BCUT2D eigenvalue weighted by Crippen LogP contribution is 2.38. The summed E-state index contributed by atoms with van der Waals surface area (Å²) in [5.74, 6) is -0.281. The van der Waals surface area contributed by atoms with Crippen LogP contribution in [0.2, 0.25) is 18.1 Å². The first-order valence-corrected chi connectivity index (χ1v) is 12.1. The van der Waals surface area contributed by atoms with Gasteiger partial charge in [-0.15, -0.1) is 0 Å². The van der Waals surface area contributed by atoms with E-state index in [2.05, 4.69) is 58.1 Å². The molecule has 0 bridgehead atoms. The number of esters is 1. The van der Waals surface area contributed by atoms with E-state index in [0.29, 0.717) is 6.61 Å². The SMILES string of the molecule is CCOC(=O)/C=C/CC(CCc1ccccc1)O[Si](C)(C)C(C)(C)C. The van der Waals surface area contributed by atoms with Gasteiger partial charge in [0.1, 0.15) is 0 Å². The summed E-state index contributed by atoms with van der Waals surface area (Å²) in [6.07, 6.45) is 6.19. The van der Waals surface area contributed by atoms with Crippen molar-refractivity contribution in [3.63, 3.8) is 0 Å². The van der Waals surface area contributed by atoms with Crippen molar-refractivity contribution in [1.82, 2.24) is 0 Å². The van der Waals surface area contributed by atoms with Gasteiger partial charge in [-0.3, -0.25) is 0 Å². The van der Waals surface area contributed by atoms with Crippen LogP contribution < -0.4 is 0 Å². The minimum absolute atomic E-state index is 0.117. The molecule has 0 aromatic heterocycles. The van der Waals surface area contributed by atoms with Gasteiger partial charge in [0.15, 0.2) is 8.32 Å². The molecule has 1 atom stereocenters. The topological polar surface area (TPSA) is 35.5 Å². The molecule has 1 rings (SSSR count). The Bertz CT molecular complexity index is 544. The third kappa shape index (κ3) is 8.02. The zero-order valence-corrected chi connectivity index (χ0v) is 17.7. The number of aryl methyl sites for hydroxylation is 1. The summed E-state index contributed by atoms with van der Waals surface area (Å²) in [7, 11) is -1.85. The number of hydrogen-bond acceptors (Lipinski definition) is 3. The van der Waals surface area contributed by atoms with Crippen LogP contribution in [-0.4, -0.2) is 27.0 Å². The minimum Gasteiger partial charge on any atom is -0.463 e. The van der Waals surface area contributed by atoms with Crippen LogP contribution in [0.25, 0.3) is 0 Å². The summed E-state index contributed by atoms with van der Waals surface area (Å²) in [6, 6.07) is 10.5. The third-order valence-electron chi connectivity index (χ3n) is 4.80. The predicted molar refractivity (Wildman–Crippen MR) is 107 cm³/mol. The minimum atomic E-state index is -1.85. The van der Waals surface area contributed by atoms with Crippen molar-refractivity contribution in [1.29, 1.82) is 0 Å². The average molecular weight is 363 g/mol. The Hall–Kier alpha value is -1.39. The number of rotatable bonds is 9. The summed E-state index contributed by atoms with van der Waals surface area (Å²) in [4.78, 5) is 11.5. The molecule has 0 spiro atoms. The Balaban J connectivity index is 2.73. The predicted octanol–water partition coefficient (Wildman–Crippen LogP) is 5.52. The lowest BCUT2D eigenvalue weighted by molar-refractivity contribution is -0.137. The number of carbonyl (C=O) groups excluding carboxylic acids is 1. The quantitative estimate of drug-likeness (QED) is 0.330. The van der Waals surface area contributed by atoms with Crippen molar-refractivity contribution < 1.29 is 14.0 Å². The largest absolute Gasteiger partial charge is 0.463 e. The van der Waals surface area contributed by atoms with Gasteiger partial charge in [-0.05, 0) is 49.9 Å². The molecule has 1 unspecified atom stereocenters. The zero-order chi connectivity index (χ0) is 18.9. The van der Waals surface area contributed by atoms with E-state index in [1.54, 1.807) is 0 Å². The highest BCUT2D eigenvalue weighted by atomic mass is 28.4. The van der Waals surface area contributed by atoms with Crippen LogP contribution in [0.15, 0.2) is 42.5 Å². The van der Waals surface area contributed by atoms with Crippen LogP contribution >= 0.6 is 0 Å². The van der Waals surface area contributed by atoms with Crippen LogP contribution in [0.3, 0.4) is 0 Å². The first-order valence-electron chi connectivity index (χ1n) is 9.20. The Morgan fingerprint density at radius 1 is 1.20 bits per heavy atom. The maximum absolute atomic E-state index is 11.5. The molecule has 0 fully saturated rings.